The van der Waals surface area contributed by atoms with E-state index in [2.05, 4.69) is 17.4 Å². The number of hydrogen-bond acceptors (Lipinski definition) is 7. The molecule has 1 aliphatic rings. The fourth-order valence-electron chi connectivity index (χ4n) is 5.64. The Labute approximate surface area is 274 Å². The molecule has 1 atom stereocenters. The first-order valence-electron chi connectivity index (χ1n) is 15.2. The van der Waals surface area contributed by atoms with E-state index in [0.29, 0.717) is 5.56 Å². The molecule has 1 unspecified atom stereocenters. The van der Waals surface area contributed by atoms with Gasteiger partial charge in [-0.05, 0) is 64.6 Å². The molecule has 0 spiro atoms. The van der Waals surface area contributed by atoms with Gasteiger partial charge in [0.2, 0.25) is 0 Å². The Hall–Kier alpha value is -5.41. The molecule has 5 aromatic carbocycles. The van der Waals surface area contributed by atoms with E-state index in [9.17, 15) is 18.0 Å². The molecular formula is C38H33NO7S. The Kier molecular flexibility index (Phi) is 9.35. The third-order valence-corrected chi connectivity index (χ3v) is 9.36. The third-order valence-electron chi connectivity index (χ3n) is 8.10. The van der Waals surface area contributed by atoms with Gasteiger partial charge in [-0.15, -0.1) is 0 Å². The Balaban J connectivity index is 1.14. The number of fused-ring (bicyclic) bond motifs is 3. The van der Waals surface area contributed by atoms with Gasteiger partial charge < -0.3 is 19.0 Å². The Morgan fingerprint density at radius 2 is 1.32 bits per heavy atom. The summed E-state index contributed by atoms with van der Waals surface area (Å²) in [5.74, 6) is -1.49. The smallest absolute Gasteiger partial charge is 0.407 e. The molecule has 0 heterocycles. The van der Waals surface area contributed by atoms with Gasteiger partial charge in [0.1, 0.15) is 23.9 Å². The van der Waals surface area contributed by atoms with Gasteiger partial charge in [-0.3, -0.25) is 4.79 Å². The molecule has 1 aliphatic carbocycles. The van der Waals surface area contributed by atoms with E-state index in [1.165, 1.54) is 24.3 Å². The first-order chi connectivity index (χ1) is 22.8. The zero-order valence-electron chi connectivity index (χ0n) is 25.7. The largest absolute Gasteiger partial charge is 0.460 e. The predicted octanol–water partition coefficient (Wildman–Crippen LogP) is 7.13. The van der Waals surface area contributed by atoms with Gasteiger partial charge in [-0.25, -0.2) is 4.79 Å². The van der Waals surface area contributed by atoms with E-state index in [1.807, 2.05) is 73.7 Å². The zero-order valence-corrected chi connectivity index (χ0v) is 26.5. The number of nitrogens with one attached hydrogen (secondary N) is 1. The molecule has 0 saturated carbocycles. The summed E-state index contributed by atoms with van der Waals surface area (Å²) < 4.78 is 42.2. The van der Waals surface area contributed by atoms with Crippen LogP contribution >= 0.6 is 0 Å². The quantitative estimate of drug-likeness (QED) is 0.120. The van der Waals surface area contributed by atoms with Crippen molar-refractivity contribution in [2.75, 3.05) is 13.2 Å². The summed E-state index contributed by atoms with van der Waals surface area (Å²) in [5.41, 5.74) is 6.67. The molecule has 6 rings (SSSR count). The van der Waals surface area contributed by atoms with Crippen molar-refractivity contribution >= 4 is 22.2 Å². The van der Waals surface area contributed by atoms with Crippen LogP contribution < -0.4 is 9.50 Å². The van der Waals surface area contributed by atoms with Crippen molar-refractivity contribution in [1.29, 1.82) is 0 Å². The number of carbonyl (C=O) groups is 2. The molecule has 5 aromatic rings. The van der Waals surface area contributed by atoms with Gasteiger partial charge in [-0.2, -0.15) is 8.42 Å². The van der Waals surface area contributed by atoms with E-state index in [-0.39, 0.29) is 36.3 Å². The summed E-state index contributed by atoms with van der Waals surface area (Å²) in [4.78, 5) is 26.3. The molecule has 47 heavy (non-hydrogen) atoms. The second kappa shape index (κ2) is 13.9. The molecule has 0 fully saturated rings. The number of rotatable bonds is 11. The highest BCUT2D eigenvalue weighted by atomic mass is 32.2. The van der Waals surface area contributed by atoms with Gasteiger partial charge in [0.25, 0.3) is 0 Å². The summed E-state index contributed by atoms with van der Waals surface area (Å²) in [6, 6.07) is 37.8. The lowest BCUT2D eigenvalue weighted by Gasteiger charge is -2.19. The van der Waals surface area contributed by atoms with Crippen LogP contribution in [0.3, 0.4) is 0 Å². The minimum absolute atomic E-state index is 0.0295. The molecule has 0 radical (unpaired) electrons. The summed E-state index contributed by atoms with van der Waals surface area (Å²) in [6.45, 7) is 1.94. The molecule has 238 valence electrons. The van der Waals surface area contributed by atoms with Crippen molar-refractivity contribution in [2.24, 2.45) is 0 Å². The topological polar surface area (TPSA) is 108 Å². The lowest BCUT2D eigenvalue weighted by Crippen LogP contribution is -2.33. The third kappa shape index (κ3) is 7.37. The molecule has 0 aromatic heterocycles. The van der Waals surface area contributed by atoms with Crippen molar-refractivity contribution in [3.05, 3.63) is 155 Å². The fraction of sp³-hybridized carbons (Fsp3) is 0.158. The van der Waals surface area contributed by atoms with E-state index < -0.39 is 28.1 Å². The van der Waals surface area contributed by atoms with Crippen LogP contribution in [0.25, 0.3) is 11.1 Å². The first kappa shape index (κ1) is 31.6. The van der Waals surface area contributed by atoms with Crippen molar-refractivity contribution in [3.63, 3.8) is 0 Å². The van der Waals surface area contributed by atoms with Crippen LogP contribution in [0.1, 0.15) is 39.7 Å². The second-order valence-corrected chi connectivity index (χ2v) is 12.8. The Bertz CT molecular complexity index is 1930. The van der Waals surface area contributed by atoms with E-state index >= 15 is 0 Å². The molecule has 1 amide bonds. The van der Waals surface area contributed by atoms with Crippen molar-refractivity contribution in [3.8, 4) is 16.9 Å². The maximum atomic E-state index is 13.4. The average molecular weight is 648 g/mol. The molecular weight excluding hydrogens is 614 g/mol. The van der Waals surface area contributed by atoms with Crippen molar-refractivity contribution < 1.29 is 31.7 Å². The van der Waals surface area contributed by atoms with Crippen molar-refractivity contribution in [1.82, 2.24) is 5.32 Å². The molecule has 8 nitrogen and oxygen atoms in total. The normalized spacial score (nSPS) is 12.8. The molecule has 9 heteroatoms. The Morgan fingerprint density at radius 1 is 0.723 bits per heavy atom. The van der Waals surface area contributed by atoms with Crippen LogP contribution in [0.5, 0.6) is 5.75 Å². The zero-order chi connectivity index (χ0) is 32.8. The van der Waals surface area contributed by atoms with E-state index in [1.54, 1.807) is 24.3 Å². The summed E-state index contributed by atoms with van der Waals surface area (Å²) in [6.07, 6.45) is -0.670. The lowest BCUT2D eigenvalue weighted by atomic mass is 9.98. The van der Waals surface area contributed by atoms with Crippen LogP contribution in [0, 0.1) is 6.92 Å². The van der Waals surface area contributed by atoms with Crippen LogP contribution in [0.15, 0.2) is 132 Å². The molecule has 0 bridgehead atoms. The lowest BCUT2D eigenvalue weighted by molar-refractivity contribution is -0.146. The molecule has 0 aliphatic heterocycles. The minimum atomic E-state index is -4.06. The summed E-state index contributed by atoms with van der Waals surface area (Å²) >= 11 is 0. The highest BCUT2D eigenvalue weighted by Gasteiger charge is 2.30. The maximum Gasteiger partial charge on any atom is 0.407 e. The maximum absolute atomic E-state index is 13.4. The van der Waals surface area contributed by atoms with Crippen molar-refractivity contribution in [2.45, 2.75) is 30.3 Å². The van der Waals surface area contributed by atoms with Crippen LogP contribution in [-0.4, -0.2) is 33.6 Å². The predicted molar refractivity (Wildman–Crippen MR) is 177 cm³/mol. The molecule has 1 N–H and O–H groups in total. The van der Waals surface area contributed by atoms with Gasteiger partial charge >= 0.3 is 22.2 Å². The van der Waals surface area contributed by atoms with Gasteiger partial charge in [0, 0.05) is 12.5 Å². The second-order valence-electron chi connectivity index (χ2n) is 11.3. The Morgan fingerprint density at radius 3 is 1.96 bits per heavy atom. The number of alkyl carbamates (subject to hydrolysis) is 1. The minimum Gasteiger partial charge on any atom is -0.460 e. The van der Waals surface area contributed by atoms with Crippen LogP contribution in [0.2, 0.25) is 0 Å². The van der Waals surface area contributed by atoms with E-state index in [0.717, 1.165) is 33.4 Å². The van der Waals surface area contributed by atoms with Gasteiger partial charge in [0.05, 0.1) is 5.92 Å². The fourth-order valence-corrected chi connectivity index (χ4v) is 6.57. The number of benzene rings is 5. The summed E-state index contributed by atoms with van der Waals surface area (Å²) in [7, 11) is -4.06. The van der Waals surface area contributed by atoms with E-state index in [4.69, 9.17) is 13.7 Å². The van der Waals surface area contributed by atoms with Gasteiger partial charge in [0.15, 0.2) is 0 Å². The average Bonchev–Trinajstić information content (AvgIpc) is 3.41. The first-order valence-corrected chi connectivity index (χ1v) is 16.6. The summed E-state index contributed by atoms with van der Waals surface area (Å²) in [5, 5.41) is 2.72. The number of esters is 1. The number of amides is 1. The SMILES string of the molecule is Cc1ccc(S(=O)(=O)Oc2ccc(C(CNC(=O)OCC3c4ccccc4-c4ccccc43)C(=O)OCc3ccccc3)cc2)cc1. The van der Waals surface area contributed by atoms with Gasteiger partial charge in [-0.1, -0.05) is 109 Å². The number of aryl methyl sites for hydroxylation is 1. The monoisotopic (exact) mass is 647 g/mol. The number of carbonyl (C=O) groups excluding carboxylic acids is 2. The highest BCUT2D eigenvalue weighted by Crippen LogP contribution is 2.44. The number of hydrogen-bond donors (Lipinski definition) is 1. The molecule has 0 saturated heterocycles. The number of ether oxygens (including phenoxy) is 2. The van der Waals surface area contributed by atoms with Crippen LogP contribution in [0.4, 0.5) is 4.79 Å². The van der Waals surface area contributed by atoms with Crippen LogP contribution in [-0.2, 0) is 31.0 Å². The standard InChI is InChI=1S/C38H33NO7S/c1-26-15-21-30(22-16-26)47(42,43)46-29-19-17-28(18-20-29)35(37(40)44-24-27-9-3-2-4-10-27)23-39-38(41)45-25-36-33-13-7-5-11-31(33)32-12-6-8-14-34(32)36/h2-22,35-36H,23-25H2,1H3,(H,39,41). The highest BCUT2D eigenvalue weighted by molar-refractivity contribution is 7.87.